The van der Waals surface area contributed by atoms with Crippen molar-refractivity contribution in [1.29, 1.82) is 5.41 Å². The van der Waals surface area contributed by atoms with E-state index in [4.69, 9.17) is 5.41 Å². The molecule has 0 aliphatic carbocycles. The van der Waals surface area contributed by atoms with Crippen LogP contribution in [-0.2, 0) is 13.6 Å². The molecule has 0 aliphatic heterocycles. The van der Waals surface area contributed by atoms with E-state index in [2.05, 4.69) is 9.05 Å². The topological polar surface area (TPSA) is 59.4 Å². The van der Waals surface area contributed by atoms with Crippen molar-refractivity contribution in [3.05, 3.63) is 0 Å². The molecule has 0 aromatic heterocycles. The van der Waals surface area contributed by atoms with E-state index < -0.39 is 19.5 Å². The summed E-state index contributed by atoms with van der Waals surface area (Å²) in [6.07, 6.45) is -3.11. The van der Waals surface area contributed by atoms with Gasteiger partial charge in [-0.25, -0.2) is 8.78 Å². The van der Waals surface area contributed by atoms with E-state index in [1.54, 1.807) is 0 Å². The van der Waals surface area contributed by atoms with Gasteiger partial charge in [0.1, 0.15) is 0 Å². The quantitative estimate of drug-likeness (QED) is 0.547. The molecule has 0 radical (unpaired) electrons. The molecule has 0 spiro atoms. The third-order valence-electron chi connectivity index (χ3n) is 1.10. The van der Waals surface area contributed by atoms with E-state index in [9.17, 15) is 13.3 Å². The first kappa shape index (κ1) is 12.7. The minimum absolute atomic E-state index is 0.0353. The lowest BCUT2D eigenvalue weighted by molar-refractivity contribution is 0.206. The van der Waals surface area contributed by atoms with Crippen LogP contribution >= 0.6 is 7.60 Å². The number of alkyl halides is 2. The lowest BCUT2D eigenvalue weighted by Gasteiger charge is -2.16. The van der Waals surface area contributed by atoms with Crippen molar-refractivity contribution in [3.8, 4) is 0 Å². The number of halogens is 2. The van der Waals surface area contributed by atoms with Crippen LogP contribution < -0.4 is 0 Å². The van der Waals surface area contributed by atoms with Crippen molar-refractivity contribution < 1.29 is 22.4 Å². The van der Waals surface area contributed by atoms with Gasteiger partial charge in [-0.2, -0.15) is 0 Å². The van der Waals surface area contributed by atoms with Crippen LogP contribution in [0.2, 0.25) is 0 Å². The molecule has 0 heterocycles. The number of nitrogens with one attached hydrogen (secondary N) is 1. The highest BCUT2D eigenvalue weighted by atomic mass is 31.2. The van der Waals surface area contributed by atoms with Crippen molar-refractivity contribution >= 4 is 13.0 Å². The van der Waals surface area contributed by atoms with Gasteiger partial charge in [0.15, 0.2) is 5.45 Å². The lowest BCUT2D eigenvalue weighted by Crippen LogP contribution is -2.13. The third kappa shape index (κ3) is 3.50. The van der Waals surface area contributed by atoms with Crippen LogP contribution in [0.25, 0.3) is 0 Å². The van der Waals surface area contributed by atoms with Crippen molar-refractivity contribution in [1.82, 2.24) is 0 Å². The molecule has 0 atom stereocenters. The Balaban J connectivity index is 4.58. The minimum Gasteiger partial charge on any atom is -0.305 e. The zero-order chi connectivity index (χ0) is 10.5. The van der Waals surface area contributed by atoms with E-state index in [-0.39, 0.29) is 13.2 Å². The number of rotatable bonds is 6. The van der Waals surface area contributed by atoms with E-state index in [1.807, 2.05) is 0 Å². The molecule has 7 heteroatoms. The molecule has 0 aromatic rings. The lowest BCUT2D eigenvalue weighted by atomic mass is 10.8. The van der Waals surface area contributed by atoms with Crippen LogP contribution in [0.1, 0.15) is 13.8 Å². The van der Waals surface area contributed by atoms with Crippen LogP contribution in [0.4, 0.5) is 8.78 Å². The Kier molecular flexibility index (Phi) is 5.29. The standard InChI is InChI=1S/C6H12F2NO3P/c1-3-11-13(10,12-4-2)6(9)5(7)8/h5,9H,3-4H2,1-2H3. The van der Waals surface area contributed by atoms with Gasteiger partial charge in [0.25, 0.3) is 6.43 Å². The Morgan fingerprint density at radius 3 is 2.00 bits per heavy atom. The predicted octanol–water partition coefficient (Wildman–Crippen LogP) is 2.49. The average Bonchev–Trinajstić information content (AvgIpc) is 2.03. The normalized spacial score (nSPS) is 12.1. The molecular weight excluding hydrogens is 203 g/mol. The van der Waals surface area contributed by atoms with E-state index >= 15 is 0 Å². The average molecular weight is 215 g/mol. The van der Waals surface area contributed by atoms with E-state index in [0.717, 1.165) is 0 Å². The summed E-state index contributed by atoms with van der Waals surface area (Å²) in [4.78, 5) is 0. The number of hydrogen-bond acceptors (Lipinski definition) is 4. The molecule has 0 aromatic carbocycles. The zero-order valence-corrected chi connectivity index (χ0v) is 8.31. The Labute approximate surface area is 75.3 Å². The van der Waals surface area contributed by atoms with Crippen LogP contribution in [-0.4, -0.2) is 25.1 Å². The Bertz CT molecular complexity index is 212. The molecule has 0 fully saturated rings. The molecule has 0 amide bonds. The highest BCUT2D eigenvalue weighted by molar-refractivity contribution is 7.72. The van der Waals surface area contributed by atoms with Gasteiger partial charge in [0.05, 0.1) is 13.2 Å². The first-order valence-corrected chi connectivity index (χ1v) is 5.28. The van der Waals surface area contributed by atoms with Gasteiger partial charge < -0.3 is 9.05 Å². The maximum Gasteiger partial charge on any atom is 0.380 e. The van der Waals surface area contributed by atoms with Gasteiger partial charge in [-0.05, 0) is 13.8 Å². The zero-order valence-electron chi connectivity index (χ0n) is 7.42. The SMILES string of the molecule is CCOP(=O)(OCC)C(=N)C(F)F. The maximum atomic E-state index is 12.0. The van der Waals surface area contributed by atoms with Crippen molar-refractivity contribution in [2.24, 2.45) is 0 Å². The second-order valence-corrected chi connectivity index (χ2v) is 4.01. The van der Waals surface area contributed by atoms with Gasteiger partial charge in [0, 0.05) is 0 Å². The second-order valence-electron chi connectivity index (χ2n) is 2.02. The summed E-state index contributed by atoms with van der Waals surface area (Å²) in [6.45, 7) is 2.91. The van der Waals surface area contributed by atoms with E-state index in [0.29, 0.717) is 0 Å². The molecule has 0 aliphatic rings. The molecule has 78 valence electrons. The second kappa shape index (κ2) is 5.42. The highest BCUT2D eigenvalue weighted by Crippen LogP contribution is 2.50. The summed E-state index contributed by atoms with van der Waals surface area (Å²) >= 11 is 0. The number of hydrogen-bond donors (Lipinski definition) is 1. The van der Waals surface area contributed by atoms with Gasteiger partial charge in [-0.15, -0.1) is 0 Å². The Morgan fingerprint density at radius 2 is 1.77 bits per heavy atom. The highest BCUT2D eigenvalue weighted by Gasteiger charge is 2.36. The smallest absolute Gasteiger partial charge is 0.305 e. The van der Waals surface area contributed by atoms with Crippen LogP contribution in [0.15, 0.2) is 0 Å². The van der Waals surface area contributed by atoms with Crippen LogP contribution in [0, 0.1) is 5.41 Å². The molecular formula is C6H12F2NO3P. The minimum atomic E-state index is -4.03. The largest absolute Gasteiger partial charge is 0.380 e. The summed E-state index contributed by atoms with van der Waals surface area (Å²) in [6, 6.07) is 0. The molecule has 4 nitrogen and oxygen atoms in total. The Hall–Kier alpha value is -0.320. The fourth-order valence-corrected chi connectivity index (χ4v) is 1.91. The first-order valence-electron chi connectivity index (χ1n) is 3.74. The van der Waals surface area contributed by atoms with Crippen LogP contribution in [0.3, 0.4) is 0 Å². The molecule has 0 rings (SSSR count). The molecule has 0 bridgehead atoms. The van der Waals surface area contributed by atoms with Crippen LogP contribution in [0.5, 0.6) is 0 Å². The van der Waals surface area contributed by atoms with Crippen molar-refractivity contribution in [2.45, 2.75) is 20.3 Å². The first-order chi connectivity index (χ1) is 5.98. The fraction of sp³-hybridized carbons (Fsp3) is 0.833. The van der Waals surface area contributed by atoms with Gasteiger partial charge in [-0.3, -0.25) is 9.97 Å². The van der Waals surface area contributed by atoms with Gasteiger partial charge >= 0.3 is 7.60 Å². The van der Waals surface area contributed by atoms with Crippen molar-refractivity contribution in [3.63, 3.8) is 0 Å². The van der Waals surface area contributed by atoms with Crippen molar-refractivity contribution in [2.75, 3.05) is 13.2 Å². The molecule has 0 unspecified atom stereocenters. The third-order valence-corrected chi connectivity index (χ3v) is 3.08. The predicted molar refractivity (Wildman–Crippen MR) is 44.6 cm³/mol. The molecule has 0 saturated carbocycles. The summed E-state index contributed by atoms with van der Waals surface area (Å²) in [5, 5.41) is 6.84. The molecule has 13 heavy (non-hydrogen) atoms. The summed E-state index contributed by atoms with van der Waals surface area (Å²) < 4.78 is 44.5. The molecule has 1 N–H and O–H groups in total. The Morgan fingerprint density at radius 1 is 1.38 bits per heavy atom. The summed E-state index contributed by atoms with van der Waals surface area (Å²) in [5.74, 6) is 0. The van der Waals surface area contributed by atoms with Gasteiger partial charge in [-0.1, -0.05) is 0 Å². The summed E-state index contributed by atoms with van der Waals surface area (Å²) in [5.41, 5.74) is -1.28. The maximum absolute atomic E-state index is 12.0. The monoisotopic (exact) mass is 215 g/mol. The van der Waals surface area contributed by atoms with Gasteiger partial charge in [0.2, 0.25) is 0 Å². The van der Waals surface area contributed by atoms with E-state index in [1.165, 1.54) is 13.8 Å². The summed E-state index contributed by atoms with van der Waals surface area (Å²) in [7, 11) is -4.03. The molecule has 0 saturated heterocycles. The fourth-order valence-electron chi connectivity index (χ4n) is 0.636.